The van der Waals surface area contributed by atoms with E-state index in [9.17, 15) is 9.59 Å². The first kappa shape index (κ1) is 28.3. The van der Waals surface area contributed by atoms with Gasteiger partial charge in [-0.1, -0.05) is 60.2 Å². The molecule has 2 amide bonds. The molecule has 0 heterocycles. The van der Waals surface area contributed by atoms with Crippen LogP contribution in [0.5, 0.6) is 5.75 Å². The SMILES string of the molecule is COc1cccc(CN(C(=O)CCSc2ccc(C)cc2)[C@@H](Cc2ccccc2)C(=O)NC(C)(C)C)c1. The van der Waals surface area contributed by atoms with Crippen LogP contribution in [-0.4, -0.2) is 41.2 Å². The van der Waals surface area contributed by atoms with Crippen molar-refractivity contribution >= 4 is 23.6 Å². The van der Waals surface area contributed by atoms with Gasteiger partial charge in [0.25, 0.3) is 0 Å². The Kier molecular flexibility index (Phi) is 10.2. The Balaban J connectivity index is 1.88. The molecule has 0 aliphatic rings. The van der Waals surface area contributed by atoms with Crippen LogP contribution in [0, 0.1) is 6.92 Å². The van der Waals surface area contributed by atoms with Crippen molar-refractivity contribution in [1.29, 1.82) is 0 Å². The van der Waals surface area contributed by atoms with Gasteiger partial charge in [0.05, 0.1) is 7.11 Å². The largest absolute Gasteiger partial charge is 0.497 e. The maximum absolute atomic E-state index is 13.7. The summed E-state index contributed by atoms with van der Waals surface area (Å²) >= 11 is 1.65. The minimum atomic E-state index is -0.648. The van der Waals surface area contributed by atoms with Crippen LogP contribution in [0.1, 0.15) is 43.9 Å². The van der Waals surface area contributed by atoms with Gasteiger partial charge in [0.1, 0.15) is 11.8 Å². The van der Waals surface area contributed by atoms with E-state index in [0.29, 0.717) is 25.1 Å². The number of nitrogens with one attached hydrogen (secondary N) is 1. The molecular formula is C31H38N2O3S. The van der Waals surface area contributed by atoms with Gasteiger partial charge >= 0.3 is 0 Å². The normalized spacial score (nSPS) is 12.0. The summed E-state index contributed by atoms with van der Waals surface area (Å²) in [5.41, 5.74) is 2.71. The zero-order valence-corrected chi connectivity index (χ0v) is 23.3. The van der Waals surface area contributed by atoms with E-state index in [1.54, 1.807) is 23.8 Å². The summed E-state index contributed by atoms with van der Waals surface area (Å²) in [6.45, 7) is 8.25. The Morgan fingerprint density at radius 2 is 1.62 bits per heavy atom. The number of carbonyl (C=O) groups is 2. The van der Waals surface area contributed by atoms with Crippen LogP contribution in [0.25, 0.3) is 0 Å². The second-order valence-electron chi connectivity index (χ2n) is 10.2. The molecule has 6 heteroatoms. The molecule has 0 spiro atoms. The fourth-order valence-corrected chi connectivity index (χ4v) is 4.85. The highest BCUT2D eigenvalue weighted by Gasteiger charge is 2.32. The summed E-state index contributed by atoms with van der Waals surface area (Å²) < 4.78 is 5.40. The molecule has 3 aromatic carbocycles. The maximum Gasteiger partial charge on any atom is 0.243 e. The number of amides is 2. The molecule has 0 aliphatic carbocycles. The number of hydrogen-bond donors (Lipinski definition) is 1. The smallest absolute Gasteiger partial charge is 0.243 e. The van der Waals surface area contributed by atoms with E-state index in [0.717, 1.165) is 21.8 Å². The number of benzene rings is 3. The summed E-state index contributed by atoms with van der Waals surface area (Å²) in [6.07, 6.45) is 0.764. The van der Waals surface area contributed by atoms with Crippen molar-refractivity contribution < 1.29 is 14.3 Å². The van der Waals surface area contributed by atoms with Crippen LogP contribution >= 0.6 is 11.8 Å². The van der Waals surface area contributed by atoms with Crippen LogP contribution in [0.2, 0.25) is 0 Å². The Labute approximate surface area is 225 Å². The van der Waals surface area contributed by atoms with E-state index >= 15 is 0 Å². The van der Waals surface area contributed by atoms with Gasteiger partial charge in [0, 0.05) is 35.6 Å². The first-order valence-corrected chi connectivity index (χ1v) is 13.6. The minimum absolute atomic E-state index is 0.0487. The van der Waals surface area contributed by atoms with Gasteiger partial charge in [-0.25, -0.2) is 0 Å². The van der Waals surface area contributed by atoms with Crippen LogP contribution < -0.4 is 10.1 Å². The molecule has 0 bridgehead atoms. The van der Waals surface area contributed by atoms with Gasteiger partial charge in [-0.3, -0.25) is 9.59 Å². The summed E-state index contributed by atoms with van der Waals surface area (Å²) in [5.74, 6) is 1.15. The summed E-state index contributed by atoms with van der Waals surface area (Å²) in [4.78, 5) is 30.2. The molecule has 1 N–H and O–H groups in total. The van der Waals surface area contributed by atoms with Gasteiger partial charge in [-0.05, 0) is 63.1 Å². The highest BCUT2D eigenvalue weighted by atomic mass is 32.2. The molecule has 0 radical (unpaired) electrons. The van der Waals surface area contributed by atoms with Crippen molar-refractivity contribution in [2.75, 3.05) is 12.9 Å². The Hall–Kier alpha value is -3.25. The minimum Gasteiger partial charge on any atom is -0.497 e. The molecule has 5 nitrogen and oxygen atoms in total. The number of nitrogens with zero attached hydrogens (tertiary/aromatic N) is 1. The topological polar surface area (TPSA) is 58.6 Å². The van der Waals surface area contributed by atoms with Crippen LogP contribution in [0.3, 0.4) is 0 Å². The van der Waals surface area contributed by atoms with Crippen molar-refractivity contribution in [3.63, 3.8) is 0 Å². The molecule has 0 aromatic heterocycles. The van der Waals surface area contributed by atoms with Gasteiger partial charge < -0.3 is 15.0 Å². The quantitative estimate of drug-likeness (QED) is 0.315. The first-order valence-electron chi connectivity index (χ1n) is 12.6. The van der Waals surface area contributed by atoms with Crippen molar-refractivity contribution in [3.8, 4) is 5.75 Å². The summed E-state index contributed by atoms with van der Waals surface area (Å²) in [6, 6.07) is 25.2. The Bertz CT molecular complexity index is 1160. The third-order valence-electron chi connectivity index (χ3n) is 5.86. The van der Waals surface area contributed by atoms with E-state index in [4.69, 9.17) is 4.74 Å². The third-order valence-corrected chi connectivity index (χ3v) is 6.88. The highest BCUT2D eigenvalue weighted by Crippen LogP contribution is 2.23. The number of aryl methyl sites for hydroxylation is 1. The first-order chi connectivity index (χ1) is 17.6. The van der Waals surface area contributed by atoms with Gasteiger partial charge in [-0.15, -0.1) is 11.8 Å². The lowest BCUT2D eigenvalue weighted by Crippen LogP contribution is -2.54. The monoisotopic (exact) mass is 518 g/mol. The van der Waals surface area contributed by atoms with Gasteiger partial charge in [0.2, 0.25) is 11.8 Å². The molecule has 0 saturated heterocycles. The number of methoxy groups -OCH3 is 1. The third kappa shape index (κ3) is 9.29. The zero-order valence-electron chi connectivity index (χ0n) is 22.5. The molecule has 0 aliphatic heterocycles. The number of hydrogen-bond acceptors (Lipinski definition) is 4. The van der Waals surface area contributed by atoms with E-state index in [1.807, 2.05) is 75.4 Å². The van der Waals surface area contributed by atoms with E-state index in [2.05, 4.69) is 36.5 Å². The average Bonchev–Trinajstić information content (AvgIpc) is 2.87. The van der Waals surface area contributed by atoms with E-state index in [-0.39, 0.29) is 11.8 Å². The predicted octanol–water partition coefficient (Wildman–Crippen LogP) is 6.04. The lowest BCUT2D eigenvalue weighted by Gasteiger charge is -2.34. The molecular weight excluding hydrogens is 480 g/mol. The number of ether oxygens (including phenoxy) is 1. The number of thioether (sulfide) groups is 1. The van der Waals surface area contributed by atoms with Gasteiger partial charge in [0.15, 0.2) is 0 Å². The predicted molar refractivity (Wildman–Crippen MR) is 152 cm³/mol. The van der Waals surface area contributed by atoms with Crippen molar-refractivity contribution in [2.45, 2.75) is 63.6 Å². The van der Waals surface area contributed by atoms with Crippen molar-refractivity contribution in [1.82, 2.24) is 10.2 Å². The molecule has 1 atom stereocenters. The molecule has 3 aromatic rings. The zero-order chi connectivity index (χ0) is 26.8. The maximum atomic E-state index is 13.7. The molecule has 0 saturated carbocycles. The number of carbonyl (C=O) groups excluding carboxylic acids is 2. The van der Waals surface area contributed by atoms with E-state index in [1.165, 1.54) is 5.56 Å². The van der Waals surface area contributed by atoms with E-state index < -0.39 is 11.6 Å². The Morgan fingerprint density at radius 3 is 2.27 bits per heavy atom. The molecule has 0 unspecified atom stereocenters. The van der Waals surface area contributed by atoms with Gasteiger partial charge in [-0.2, -0.15) is 0 Å². The van der Waals surface area contributed by atoms with Crippen molar-refractivity contribution in [3.05, 3.63) is 95.6 Å². The van der Waals surface area contributed by atoms with Crippen LogP contribution in [-0.2, 0) is 22.6 Å². The summed E-state index contributed by atoms with van der Waals surface area (Å²) in [7, 11) is 1.62. The molecule has 196 valence electrons. The lowest BCUT2D eigenvalue weighted by molar-refractivity contribution is -0.141. The lowest BCUT2D eigenvalue weighted by atomic mass is 10.0. The average molecular weight is 519 g/mol. The summed E-state index contributed by atoms with van der Waals surface area (Å²) in [5, 5.41) is 3.11. The van der Waals surface area contributed by atoms with Crippen molar-refractivity contribution in [2.24, 2.45) is 0 Å². The Morgan fingerprint density at radius 1 is 0.946 bits per heavy atom. The van der Waals surface area contributed by atoms with Crippen LogP contribution in [0.15, 0.2) is 83.8 Å². The van der Waals surface area contributed by atoms with Crippen LogP contribution in [0.4, 0.5) is 0 Å². The second kappa shape index (κ2) is 13.3. The highest BCUT2D eigenvalue weighted by molar-refractivity contribution is 7.99. The standard InChI is InChI=1S/C31H38N2O3S/c1-23-14-16-27(17-15-23)37-19-18-29(34)33(22-25-12-9-13-26(20-25)36-5)28(30(35)32-31(2,3)4)21-24-10-7-6-8-11-24/h6-17,20,28H,18-19,21-22H2,1-5H3,(H,32,35)/t28-/m0/s1. The second-order valence-corrected chi connectivity index (χ2v) is 11.4. The molecule has 0 fully saturated rings. The molecule has 3 rings (SSSR count). The molecule has 37 heavy (non-hydrogen) atoms. The fraction of sp³-hybridized carbons (Fsp3) is 0.355. The fourth-order valence-electron chi connectivity index (χ4n) is 4.01. The number of rotatable bonds is 11.